The molecule has 4 nitrogen and oxygen atoms in total. The van der Waals surface area contributed by atoms with Crippen LogP contribution in [0.25, 0.3) is 0 Å². The maximum atomic E-state index is 8.56. The number of rotatable bonds is 4. The largest absolute Gasteiger partial charge is 0.468 e. The molecule has 0 saturated carbocycles. The van der Waals surface area contributed by atoms with Gasteiger partial charge in [0, 0.05) is 18.9 Å². The van der Waals surface area contributed by atoms with Gasteiger partial charge in [0.2, 0.25) is 0 Å². The Balaban J connectivity index is 2.04. The van der Waals surface area contributed by atoms with E-state index >= 15 is 0 Å². The zero-order valence-electron chi connectivity index (χ0n) is 8.21. The van der Waals surface area contributed by atoms with Gasteiger partial charge in [-0.1, -0.05) is 12.1 Å². The van der Waals surface area contributed by atoms with Crippen LogP contribution in [-0.4, -0.2) is 21.5 Å². The molecular formula is C11H12N2O2. The summed E-state index contributed by atoms with van der Waals surface area (Å²) in [7, 11) is 0. The Kier molecular flexibility index (Phi) is 2.99. The average Bonchev–Trinajstić information content (AvgIpc) is 2.74. The summed E-state index contributed by atoms with van der Waals surface area (Å²) in [5.41, 5.74) is 1.17. The number of nitrogens with zero attached hydrogens (tertiary/aromatic N) is 2. The van der Waals surface area contributed by atoms with E-state index in [1.807, 2.05) is 35.0 Å². The van der Waals surface area contributed by atoms with Gasteiger partial charge in [-0.25, -0.2) is 4.98 Å². The zero-order chi connectivity index (χ0) is 10.5. The molecule has 4 heteroatoms. The van der Waals surface area contributed by atoms with Gasteiger partial charge in [-0.05, 0) is 17.7 Å². The molecule has 1 N–H and O–H groups in total. The number of aliphatic hydroxyl groups is 1. The maximum absolute atomic E-state index is 8.56. The Hall–Kier alpha value is -1.81. The van der Waals surface area contributed by atoms with E-state index in [1.165, 1.54) is 5.56 Å². The number of hydrogen-bond donors (Lipinski definition) is 1. The van der Waals surface area contributed by atoms with Crippen LogP contribution < -0.4 is 4.74 Å². The molecule has 0 bridgehead atoms. The highest BCUT2D eigenvalue weighted by atomic mass is 16.6. The van der Waals surface area contributed by atoms with Crippen molar-refractivity contribution in [2.24, 2.45) is 0 Å². The van der Waals surface area contributed by atoms with E-state index in [0.717, 1.165) is 6.54 Å². The van der Waals surface area contributed by atoms with Gasteiger partial charge in [0.05, 0.1) is 6.33 Å². The normalized spacial score (nSPS) is 10.2. The van der Waals surface area contributed by atoms with Gasteiger partial charge in [0.15, 0.2) is 6.79 Å². The minimum atomic E-state index is -0.291. The van der Waals surface area contributed by atoms with Crippen LogP contribution in [0.3, 0.4) is 0 Å². The van der Waals surface area contributed by atoms with Crippen LogP contribution in [0.15, 0.2) is 43.0 Å². The molecule has 0 saturated heterocycles. The number of aliphatic hydroxyl groups excluding tert-OH is 1. The summed E-state index contributed by atoms with van der Waals surface area (Å²) in [6, 6.07) is 7.60. The van der Waals surface area contributed by atoms with E-state index in [4.69, 9.17) is 9.84 Å². The summed E-state index contributed by atoms with van der Waals surface area (Å²) < 4.78 is 6.92. The lowest BCUT2D eigenvalue weighted by Crippen LogP contribution is -1.97. The molecule has 0 radical (unpaired) electrons. The molecule has 15 heavy (non-hydrogen) atoms. The monoisotopic (exact) mass is 204 g/mol. The third-order valence-electron chi connectivity index (χ3n) is 2.08. The number of benzene rings is 1. The van der Waals surface area contributed by atoms with E-state index in [9.17, 15) is 0 Å². The first-order valence-corrected chi connectivity index (χ1v) is 4.67. The first-order chi connectivity index (χ1) is 7.38. The lowest BCUT2D eigenvalue weighted by Gasteiger charge is -2.04. The third kappa shape index (κ3) is 2.57. The van der Waals surface area contributed by atoms with E-state index in [0.29, 0.717) is 5.75 Å². The van der Waals surface area contributed by atoms with Gasteiger partial charge < -0.3 is 14.4 Å². The summed E-state index contributed by atoms with van der Waals surface area (Å²) in [4.78, 5) is 3.97. The van der Waals surface area contributed by atoms with Gasteiger partial charge in [-0.3, -0.25) is 0 Å². The fourth-order valence-electron chi connectivity index (χ4n) is 1.36. The maximum Gasteiger partial charge on any atom is 0.186 e. The Morgan fingerprint density at radius 2 is 2.07 bits per heavy atom. The Labute approximate surface area is 87.8 Å². The van der Waals surface area contributed by atoms with Gasteiger partial charge >= 0.3 is 0 Å². The molecule has 2 aromatic rings. The Morgan fingerprint density at radius 1 is 1.27 bits per heavy atom. The Bertz CT molecular complexity index is 395. The second-order valence-corrected chi connectivity index (χ2v) is 3.15. The summed E-state index contributed by atoms with van der Waals surface area (Å²) >= 11 is 0. The predicted molar refractivity (Wildman–Crippen MR) is 55.5 cm³/mol. The number of imidazole rings is 1. The lowest BCUT2D eigenvalue weighted by molar-refractivity contribution is 0.0985. The highest BCUT2D eigenvalue weighted by molar-refractivity contribution is 5.27. The van der Waals surface area contributed by atoms with Crippen LogP contribution in [0.2, 0.25) is 0 Å². The van der Waals surface area contributed by atoms with E-state index < -0.39 is 0 Å². The fourth-order valence-corrected chi connectivity index (χ4v) is 1.36. The van der Waals surface area contributed by atoms with Crippen LogP contribution >= 0.6 is 0 Å². The van der Waals surface area contributed by atoms with Crippen molar-refractivity contribution in [2.45, 2.75) is 6.54 Å². The summed E-state index contributed by atoms with van der Waals surface area (Å²) in [6.07, 6.45) is 5.44. The molecule has 0 unspecified atom stereocenters. The highest BCUT2D eigenvalue weighted by Gasteiger charge is 1.96. The van der Waals surface area contributed by atoms with E-state index in [-0.39, 0.29) is 6.79 Å². The van der Waals surface area contributed by atoms with Crippen molar-refractivity contribution in [3.8, 4) is 5.75 Å². The second kappa shape index (κ2) is 4.61. The molecule has 0 amide bonds. The van der Waals surface area contributed by atoms with E-state index in [1.54, 1.807) is 12.5 Å². The molecule has 0 aliphatic heterocycles. The number of aromatic nitrogens is 2. The molecule has 1 aromatic heterocycles. The topological polar surface area (TPSA) is 47.3 Å². The zero-order valence-corrected chi connectivity index (χ0v) is 8.21. The quantitative estimate of drug-likeness (QED) is 0.763. The van der Waals surface area contributed by atoms with Gasteiger partial charge in [0.25, 0.3) is 0 Å². The van der Waals surface area contributed by atoms with Crippen molar-refractivity contribution < 1.29 is 9.84 Å². The van der Waals surface area contributed by atoms with Gasteiger partial charge in [0.1, 0.15) is 5.75 Å². The molecule has 0 spiro atoms. The number of ether oxygens (including phenoxy) is 1. The smallest absolute Gasteiger partial charge is 0.186 e. The van der Waals surface area contributed by atoms with Crippen molar-refractivity contribution in [2.75, 3.05) is 6.79 Å². The minimum Gasteiger partial charge on any atom is -0.468 e. The first-order valence-electron chi connectivity index (χ1n) is 4.67. The van der Waals surface area contributed by atoms with Gasteiger partial charge in [-0.2, -0.15) is 0 Å². The van der Waals surface area contributed by atoms with Crippen molar-refractivity contribution >= 4 is 0 Å². The van der Waals surface area contributed by atoms with Crippen LogP contribution in [0.1, 0.15) is 5.56 Å². The van der Waals surface area contributed by atoms with Crippen LogP contribution in [0.5, 0.6) is 5.75 Å². The van der Waals surface area contributed by atoms with Crippen molar-refractivity contribution in [3.05, 3.63) is 48.5 Å². The standard InChI is InChI=1S/C11H12N2O2/c14-9-15-11-3-1-10(2-4-11)7-13-6-5-12-8-13/h1-6,8,14H,7,9H2. The lowest BCUT2D eigenvalue weighted by atomic mass is 10.2. The van der Waals surface area contributed by atoms with Gasteiger partial charge in [-0.15, -0.1) is 0 Å². The predicted octanol–water partition coefficient (Wildman–Crippen LogP) is 1.26. The fraction of sp³-hybridized carbons (Fsp3) is 0.182. The molecule has 2 rings (SSSR count). The number of hydrogen-bond acceptors (Lipinski definition) is 3. The first kappa shape index (κ1) is 9.73. The molecule has 78 valence electrons. The van der Waals surface area contributed by atoms with E-state index in [2.05, 4.69) is 4.98 Å². The van der Waals surface area contributed by atoms with Crippen molar-refractivity contribution in [3.63, 3.8) is 0 Å². The van der Waals surface area contributed by atoms with Crippen molar-refractivity contribution in [1.29, 1.82) is 0 Å². The van der Waals surface area contributed by atoms with Crippen LogP contribution in [0.4, 0.5) is 0 Å². The third-order valence-corrected chi connectivity index (χ3v) is 2.08. The molecular weight excluding hydrogens is 192 g/mol. The van der Waals surface area contributed by atoms with Crippen LogP contribution in [-0.2, 0) is 6.54 Å². The Morgan fingerprint density at radius 3 is 2.67 bits per heavy atom. The molecule has 1 aromatic carbocycles. The van der Waals surface area contributed by atoms with Crippen molar-refractivity contribution in [1.82, 2.24) is 9.55 Å². The summed E-state index contributed by atoms with van der Waals surface area (Å²) in [6.45, 7) is 0.500. The summed E-state index contributed by atoms with van der Waals surface area (Å²) in [5.74, 6) is 0.673. The average molecular weight is 204 g/mol. The molecule has 0 aliphatic carbocycles. The molecule has 0 aliphatic rings. The molecule has 0 fully saturated rings. The van der Waals surface area contributed by atoms with Crippen LogP contribution in [0, 0.1) is 0 Å². The highest BCUT2D eigenvalue weighted by Crippen LogP contribution is 2.12. The minimum absolute atomic E-state index is 0.291. The summed E-state index contributed by atoms with van der Waals surface area (Å²) in [5, 5.41) is 8.56. The molecule has 0 atom stereocenters. The SMILES string of the molecule is OCOc1ccc(Cn2ccnc2)cc1. The molecule has 1 heterocycles. The second-order valence-electron chi connectivity index (χ2n) is 3.15.